The minimum atomic E-state index is -5.08. The largest absolute Gasteiger partial charge is 0.492 e. The van der Waals surface area contributed by atoms with Gasteiger partial charge in [0, 0.05) is 49.2 Å². The fourth-order valence-corrected chi connectivity index (χ4v) is 2.78. The van der Waals surface area contributed by atoms with Crippen LogP contribution < -0.4 is 15.8 Å². The average Bonchev–Trinajstić information content (AvgIpc) is 2.76. The Morgan fingerprint density at radius 1 is 1.17 bits per heavy atom. The molecule has 2 amide bonds. The second kappa shape index (κ2) is 13.8. The van der Waals surface area contributed by atoms with Gasteiger partial charge < -0.3 is 25.8 Å². The molecule has 0 spiro atoms. The number of nitrogens with two attached hydrogens (primary N) is 1. The zero-order valence-electron chi connectivity index (χ0n) is 19.6. The fourth-order valence-electron chi connectivity index (χ4n) is 2.78. The molecule has 2 rings (SSSR count). The highest BCUT2D eigenvalue weighted by atomic mass is 19.4. The number of primary amides is 1. The molecule has 0 fully saturated rings. The van der Waals surface area contributed by atoms with E-state index < -0.39 is 18.1 Å². The Bertz CT molecular complexity index is 985. The zero-order valence-corrected chi connectivity index (χ0v) is 19.6. The first-order valence-electron chi connectivity index (χ1n) is 10.6. The normalized spacial score (nSPS) is 10.7. The molecule has 1 aromatic carbocycles. The van der Waals surface area contributed by atoms with Crippen LogP contribution in [0.2, 0.25) is 0 Å². The number of aryl methyl sites for hydroxylation is 1. The van der Waals surface area contributed by atoms with Gasteiger partial charge in [-0.1, -0.05) is 0 Å². The maximum absolute atomic E-state index is 12.9. The number of carbonyl (C=O) groups is 3. The molecule has 192 valence electrons. The minimum Gasteiger partial charge on any atom is -0.492 e. The monoisotopic (exact) mass is 498 g/mol. The Hall–Kier alpha value is -3.83. The highest BCUT2D eigenvalue weighted by molar-refractivity contribution is 5.95. The summed E-state index contributed by atoms with van der Waals surface area (Å²) in [6.45, 7) is 7.12. The second-order valence-corrected chi connectivity index (χ2v) is 7.66. The van der Waals surface area contributed by atoms with E-state index in [1.165, 1.54) is 0 Å². The summed E-state index contributed by atoms with van der Waals surface area (Å²) in [5.41, 5.74) is 7.67. The van der Waals surface area contributed by atoms with Gasteiger partial charge in [-0.15, -0.1) is 0 Å². The number of hydrogen-bond donors (Lipinski definition) is 3. The van der Waals surface area contributed by atoms with Crippen molar-refractivity contribution in [1.29, 1.82) is 0 Å². The SMILES string of the molecule is Cc1cc(OCCNc2ccncc2)cc(C(=O)N(CCC(N)=O)C(C)C)c1.O=C(O)C(F)(F)F. The molecule has 1 heterocycles. The van der Waals surface area contributed by atoms with Crippen LogP contribution in [0.25, 0.3) is 0 Å². The van der Waals surface area contributed by atoms with Crippen LogP contribution in [0.5, 0.6) is 5.75 Å². The van der Waals surface area contributed by atoms with Crippen molar-refractivity contribution in [2.24, 2.45) is 5.73 Å². The molecule has 12 heteroatoms. The molecule has 0 saturated carbocycles. The van der Waals surface area contributed by atoms with E-state index in [1.54, 1.807) is 23.4 Å². The number of benzene rings is 1. The van der Waals surface area contributed by atoms with Gasteiger partial charge in [0.15, 0.2) is 0 Å². The van der Waals surface area contributed by atoms with E-state index >= 15 is 0 Å². The quantitative estimate of drug-likeness (QED) is 0.428. The van der Waals surface area contributed by atoms with Crippen LogP contribution in [0, 0.1) is 6.92 Å². The predicted octanol–water partition coefficient (Wildman–Crippen LogP) is 3.24. The molecule has 0 aliphatic rings. The summed E-state index contributed by atoms with van der Waals surface area (Å²) in [4.78, 5) is 38.5. The number of amides is 2. The van der Waals surface area contributed by atoms with Gasteiger partial charge in [0.1, 0.15) is 12.4 Å². The molecule has 0 aliphatic carbocycles. The van der Waals surface area contributed by atoms with Gasteiger partial charge in [-0.25, -0.2) is 4.79 Å². The van der Waals surface area contributed by atoms with E-state index in [2.05, 4.69) is 10.3 Å². The number of pyridine rings is 1. The lowest BCUT2D eigenvalue weighted by molar-refractivity contribution is -0.192. The molecule has 1 aromatic heterocycles. The lowest BCUT2D eigenvalue weighted by Gasteiger charge is -2.26. The van der Waals surface area contributed by atoms with E-state index in [1.807, 2.05) is 45.0 Å². The maximum atomic E-state index is 12.9. The molecule has 0 unspecified atom stereocenters. The predicted molar refractivity (Wildman–Crippen MR) is 123 cm³/mol. The Kier molecular flexibility index (Phi) is 11.5. The Labute approximate surface area is 201 Å². The van der Waals surface area contributed by atoms with Crippen molar-refractivity contribution in [2.75, 3.05) is 25.0 Å². The Morgan fingerprint density at radius 3 is 2.29 bits per heavy atom. The topological polar surface area (TPSA) is 135 Å². The Morgan fingerprint density at radius 2 is 1.77 bits per heavy atom. The second-order valence-electron chi connectivity index (χ2n) is 7.66. The van der Waals surface area contributed by atoms with Crippen molar-refractivity contribution in [3.05, 3.63) is 53.9 Å². The van der Waals surface area contributed by atoms with Crippen LogP contribution >= 0.6 is 0 Å². The molecule has 0 radical (unpaired) electrons. The summed E-state index contributed by atoms with van der Waals surface area (Å²) in [7, 11) is 0. The first-order chi connectivity index (χ1) is 16.3. The number of anilines is 1. The van der Waals surface area contributed by atoms with Crippen molar-refractivity contribution >= 4 is 23.5 Å². The van der Waals surface area contributed by atoms with Crippen LogP contribution in [0.1, 0.15) is 36.2 Å². The number of hydrogen-bond acceptors (Lipinski definition) is 6. The van der Waals surface area contributed by atoms with Crippen LogP contribution in [0.3, 0.4) is 0 Å². The van der Waals surface area contributed by atoms with Crippen LogP contribution in [0.15, 0.2) is 42.7 Å². The smallest absolute Gasteiger partial charge is 0.490 e. The number of halogens is 3. The number of ether oxygens (including phenoxy) is 1. The standard InChI is InChI=1S/C21H28N4O3.C2HF3O2/c1-15(2)25(10-6-20(22)26)21(27)17-12-16(3)13-19(14-17)28-11-9-24-18-4-7-23-8-5-18;3-2(4,5)1(6)7/h4-5,7-8,12-15H,6,9-11H2,1-3H3,(H2,22,26)(H,23,24);(H,6,7). The summed E-state index contributed by atoms with van der Waals surface area (Å²) in [6.07, 6.45) is -1.50. The van der Waals surface area contributed by atoms with Crippen molar-refractivity contribution < 1.29 is 37.4 Å². The van der Waals surface area contributed by atoms with Gasteiger partial charge in [0.2, 0.25) is 5.91 Å². The van der Waals surface area contributed by atoms with Crippen molar-refractivity contribution in [1.82, 2.24) is 9.88 Å². The first-order valence-corrected chi connectivity index (χ1v) is 10.6. The number of rotatable bonds is 10. The van der Waals surface area contributed by atoms with Crippen LogP contribution in [-0.2, 0) is 9.59 Å². The molecule has 35 heavy (non-hydrogen) atoms. The van der Waals surface area contributed by atoms with Gasteiger partial charge in [-0.3, -0.25) is 14.6 Å². The number of alkyl halides is 3. The van der Waals surface area contributed by atoms with Crippen LogP contribution in [0.4, 0.5) is 18.9 Å². The third kappa shape index (κ3) is 11.2. The van der Waals surface area contributed by atoms with Crippen molar-refractivity contribution in [2.45, 2.75) is 39.4 Å². The number of nitrogens with zero attached hydrogens (tertiary/aromatic N) is 2. The molecule has 4 N–H and O–H groups in total. The van der Waals surface area contributed by atoms with Gasteiger partial charge in [0.05, 0.1) is 0 Å². The zero-order chi connectivity index (χ0) is 26.6. The summed E-state index contributed by atoms with van der Waals surface area (Å²) in [6, 6.07) is 9.19. The number of nitrogens with one attached hydrogen (secondary N) is 1. The third-order valence-electron chi connectivity index (χ3n) is 4.40. The third-order valence-corrected chi connectivity index (χ3v) is 4.40. The summed E-state index contributed by atoms with van der Waals surface area (Å²) >= 11 is 0. The molecule has 0 atom stereocenters. The van der Waals surface area contributed by atoms with Crippen molar-refractivity contribution in [3.8, 4) is 5.75 Å². The number of carbonyl (C=O) groups excluding carboxylic acids is 2. The molecule has 9 nitrogen and oxygen atoms in total. The number of carboxylic acid groups (broad SMARTS) is 1. The first kappa shape index (κ1) is 29.2. The fraction of sp³-hybridized carbons (Fsp3) is 0.391. The molecule has 0 saturated heterocycles. The van der Waals surface area contributed by atoms with Crippen molar-refractivity contribution in [3.63, 3.8) is 0 Å². The number of aliphatic carboxylic acids is 1. The Balaban J connectivity index is 0.000000762. The lowest BCUT2D eigenvalue weighted by Crippen LogP contribution is -2.39. The summed E-state index contributed by atoms with van der Waals surface area (Å²) in [5.74, 6) is -2.68. The molecule has 0 aliphatic heterocycles. The molecular formula is C23H29F3N4O5. The van der Waals surface area contributed by atoms with Crippen LogP contribution in [-0.4, -0.2) is 64.7 Å². The molecular weight excluding hydrogens is 469 g/mol. The highest BCUT2D eigenvalue weighted by Crippen LogP contribution is 2.20. The molecule has 2 aromatic rings. The van der Waals surface area contributed by atoms with E-state index in [0.717, 1.165) is 11.3 Å². The lowest BCUT2D eigenvalue weighted by atomic mass is 10.1. The summed E-state index contributed by atoms with van der Waals surface area (Å²) < 4.78 is 37.6. The van der Waals surface area contributed by atoms with Gasteiger partial charge in [0.25, 0.3) is 5.91 Å². The van der Waals surface area contributed by atoms with Gasteiger partial charge >= 0.3 is 12.1 Å². The van der Waals surface area contributed by atoms with E-state index in [9.17, 15) is 22.8 Å². The van der Waals surface area contributed by atoms with Gasteiger partial charge in [-0.2, -0.15) is 13.2 Å². The highest BCUT2D eigenvalue weighted by Gasteiger charge is 2.38. The maximum Gasteiger partial charge on any atom is 0.490 e. The number of carboxylic acids is 1. The van der Waals surface area contributed by atoms with E-state index in [0.29, 0.717) is 31.0 Å². The van der Waals surface area contributed by atoms with E-state index in [-0.39, 0.29) is 18.4 Å². The van der Waals surface area contributed by atoms with Gasteiger partial charge in [-0.05, 0) is 56.7 Å². The summed E-state index contributed by atoms with van der Waals surface area (Å²) in [5, 5.41) is 10.4. The minimum absolute atomic E-state index is 0.0405. The van der Waals surface area contributed by atoms with E-state index in [4.69, 9.17) is 20.4 Å². The average molecular weight is 499 g/mol. The molecule has 0 bridgehead atoms. The number of aromatic nitrogens is 1.